The van der Waals surface area contributed by atoms with Crippen molar-refractivity contribution < 1.29 is 17.5 Å². The summed E-state index contributed by atoms with van der Waals surface area (Å²) in [6.45, 7) is 9.67. The number of rotatable bonds is 16. The predicted molar refractivity (Wildman–Crippen MR) is 161 cm³/mol. The molecular formula is C32H45N2O3S+. The minimum absolute atomic E-state index is 0.195. The second-order valence-electron chi connectivity index (χ2n) is 10.3. The molecule has 0 aliphatic heterocycles. The molecule has 0 fully saturated rings. The Morgan fingerprint density at radius 2 is 1.53 bits per heavy atom. The summed E-state index contributed by atoms with van der Waals surface area (Å²) in [5, 5.41) is 1.16. The van der Waals surface area contributed by atoms with Crippen LogP contribution >= 0.6 is 0 Å². The Kier molecular flexibility index (Phi) is 11.8. The number of fused-ring (bicyclic) bond motifs is 1. The molecule has 0 radical (unpaired) electrons. The third-order valence-corrected chi connectivity index (χ3v) is 7.94. The lowest BCUT2D eigenvalue weighted by atomic mass is 10.0. The van der Waals surface area contributed by atoms with Crippen LogP contribution in [0, 0.1) is 6.92 Å². The van der Waals surface area contributed by atoms with Gasteiger partial charge in [-0.15, -0.1) is 0 Å². The fourth-order valence-electron chi connectivity index (χ4n) is 4.91. The summed E-state index contributed by atoms with van der Waals surface area (Å²) in [5.74, 6) is -0.195. The third kappa shape index (κ3) is 9.25. The van der Waals surface area contributed by atoms with E-state index in [4.69, 9.17) is 4.55 Å². The van der Waals surface area contributed by atoms with Gasteiger partial charge in [-0.25, -0.2) is 0 Å². The SMILES string of the molecule is CCCCCN(CCCCC)c1ccc(/C=C/c2cc[n+](CCCCS(=O)(=O)O)c3ccccc23)c(C)c1. The lowest BCUT2D eigenvalue weighted by Crippen LogP contribution is -2.34. The average Bonchev–Trinajstić information content (AvgIpc) is 2.89. The highest BCUT2D eigenvalue weighted by atomic mass is 32.2. The molecule has 1 N–H and O–H groups in total. The van der Waals surface area contributed by atoms with Gasteiger partial charge in [-0.2, -0.15) is 13.0 Å². The van der Waals surface area contributed by atoms with Gasteiger partial charge in [-0.1, -0.05) is 69.9 Å². The van der Waals surface area contributed by atoms with E-state index in [-0.39, 0.29) is 5.75 Å². The lowest BCUT2D eigenvalue weighted by Gasteiger charge is -2.25. The number of aromatic nitrogens is 1. The van der Waals surface area contributed by atoms with Crippen LogP contribution in [0.1, 0.15) is 81.9 Å². The molecule has 206 valence electrons. The van der Waals surface area contributed by atoms with Crippen molar-refractivity contribution in [1.82, 2.24) is 0 Å². The smallest absolute Gasteiger partial charge is 0.264 e. The van der Waals surface area contributed by atoms with Crippen LogP contribution in [0.15, 0.2) is 54.7 Å². The van der Waals surface area contributed by atoms with Gasteiger partial charge >= 0.3 is 0 Å². The molecule has 6 heteroatoms. The molecule has 0 amide bonds. The van der Waals surface area contributed by atoms with Crippen LogP contribution in [0.5, 0.6) is 0 Å². The van der Waals surface area contributed by atoms with Gasteiger partial charge < -0.3 is 4.90 Å². The number of aryl methyl sites for hydroxylation is 2. The number of para-hydroxylation sites is 1. The Balaban J connectivity index is 1.76. The third-order valence-electron chi connectivity index (χ3n) is 7.13. The maximum atomic E-state index is 11.0. The van der Waals surface area contributed by atoms with Gasteiger partial charge in [-0.3, -0.25) is 4.55 Å². The van der Waals surface area contributed by atoms with Crippen molar-refractivity contribution in [3.63, 3.8) is 0 Å². The summed E-state index contributed by atoms with van der Waals surface area (Å²) >= 11 is 0. The summed E-state index contributed by atoms with van der Waals surface area (Å²) in [5.41, 5.74) is 6.10. The van der Waals surface area contributed by atoms with Crippen LogP contribution in [0.2, 0.25) is 0 Å². The summed E-state index contributed by atoms with van der Waals surface area (Å²) in [4.78, 5) is 2.56. The highest BCUT2D eigenvalue weighted by Crippen LogP contribution is 2.24. The maximum Gasteiger partial charge on any atom is 0.264 e. The molecule has 0 saturated carbocycles. The fraction of sp³-hybridized carbons (Fsp3) is 0.469. The van der Waals surface area contributed by atoms with Crippen molar-refractivity contribution in [2.45, 2.75) is 78.7 Å². The Hall–Kier alpha value is -2.70. The second-order valence-corrected chi connectivity index (χ2v) is 11.8. The zero-order valence-corrected chi connectivity index (χ0v) is 24.2. The monoisotopic (exact) mass is 537 g/mol. The minimum Gasteiger partial charge on any atom is -0.372 e. The van der Waals surface area contributed by atoms with E-state index in [1.54, 1.807) is 0 Å². The number of hydrogen-bond donors (Lipinski definition) is 1. The number of hydrogen-bond acceptors (Lipinski definition) is 3. The van der Waals surface area contributed by atoms with Crippen molar-refractivity contribution in [2.75, 3.05) is 23.7 Å². The summed E-state index contributed by atoms with van der Waals surface area (Å²) in [6.07, 6.45) is 15.1. The van der Waals surface area contributed by atoms with E-state index in [2.05, 4.69) is 85.0 Å². The zero-order valence-electron chi connectivity index (χ0n) is 23.4. The van der Waals surface area contributed by atoms with Gasteiger partial charge in [-0.05, 0) is 61.1 Å². The largest absolute Gasteiger partial charge is 0.372 e. The van der Waals surface area contributed by atoms with Crippen LogP contribution in [0.4, 0.5) is 5.69 Å². The summed E-state index contributed by atoms with van der Waals surface area (Å²) < 4.78 is 33.2. The quantitative estimate of drug-likeness (QED) is 0.117. The number of unbranched alkanes of at least 4 members (excludes halogenated alkanes) is 5. The van der Waals surface area contributed by atoms with E-state index in [1.807, 2.05) is 12.1 Å². The van der Waals surface area contributed by atoms with E-state index in [0.29, 0.717) is 19.4 Å². The molecule has 2 aromatic carbocycles. The molecule has 0 saturated heterocycles. The molecule has 0 unspecified atom stereocenters. The molecular weight excluding hydrogens is 492 g/mol. The first-order valence-corrected chi connectivity index (χ1v) is 15.8. The molecule has 5 nitrogen and oxygen atoms in total. The first-order chi connectivity index (χ1) is 18.3. The zero-order chi connectivity index (χ0) is 27.4. The molecule has 0 spiro atoms. The fourth-order valence-corrected chi connectivity index (χ4v) is 5.48. The number of nitrogens with zero attached hydrogens (tertiary/aromatic N) is 2. The van der Waals surface area contributed by atoms with Gasteiger partial charge in [0.2, 0.25) is 5.52 Å². The normalized spacial score (nSPS) is 12.0. The van der Waals surface area contributed by atoms with E-state index < -0.39 is 10.1 Å². The molecule has 3 rings (SSSR count). The second kappa shape index (κ2) is 15.0. The first kappa shape index (κ1) is 29.9. The van der Waals surface area contributed by atoms with Crippen LogP contribution in [-0.2, 0) is 16.7 Å². The van der Waals surface area contributed by atoms with Crippen molar-refractivity contribution >= 4 is 38.9 Å². The van der Waals surface area contributed by atoms with Gasteiger partial charge in [0.05, 0.1) is 11.1 Å². The molecule has 3 aromatic rings. The number of benzene rings is 2. The van der Waals surface area contributed by atoms with Crippen molar-refractivity contribution in [3.8, 4) is 0 Å². The molecule has 0 bridgehead atoms. The van der Waals surface area contributed by atoms with E-state index in [0.717, 1.165) is 29.6 Å². The molecule has 1 aromatic heterocycles. The Morgan fingerprint density at radius 1 is 0.842 bits per heavy atom. The van der Waals surface area contributed by atoms with Gasteiger partial charge in [0, 0.05) is 37.3 Å². The Labute approximate surface area is 230 Å². The van der Waals surface area contributed by atoms with Gasteiger partial charge in [0.15, 0.2) is 6.20 Å². The highest BCUT2D eigenvalue weighted by molar-refractivity contribution is 7.85. The summed E-state index contributed by atoms with van der Waals surface area (Å²) in [7, 11) is -3.90. The summed E-state index contributed by atoms with van der Waals surface area (Å²) in [6, 6.07) is 17.3. The molecule has 0 aliphatic carbocycles. The average molecular weight is 538 g/mol. The van der Waals surface area contributed by atoms with Crippen LogP contribution in [-0.4, -0.2) is 31.8 Å². The maximum absolute atomic E-state index is 11.0. The molecule has 38 heavy (non-hydrogen) atoms. The minimum atomic E-state index is -3.90. The van der Waals surface area contributed by atoms with E-state index in [9.17, 15) is 8.42 Å². The van der Waals surface area contributed by atoms with Crippen molar-refractivity contribution in [3.05, 3.63) is 71.4 Å². The topological polar surface area (TPSA) is 61.5 Å². The van der Waals surface area contributed by atoms with Crippen LogP contribution in [0.3, 0.4) is 0 Å². The van der Waals surface area contributed by atoms with Gasteiger partial charge in [0.1, 0.15) is 6.54 Å². The molecule has 1 heterocycles. The highest BCUT2D eigenvalue weighted by Gasteiger charge is 2.12. The van der Waals surface area contributed by atoms with Gasteiger partial charge in [0.25, 0.3) is 10.1 Å². The number of anilines is 1. The first-order valence-electron chi connectivity index (χ1n) is 14.2. The van der Waals surface area contributed by atoms with Crippen molar-refractivity contribution in [1.29, 1.82) is 0 Å². The van der Waals surface area contributed by atoms with E-state index in [1.165, 1.54) is 55.3 Å². The molecule has 0 aliphatic rings. The van der Waals surface area contributed by atoms with Crippen molar-refractivity contribution in [2.24, 2.45) is 0 Å². The molecule has 0 atom stereocenters. The Morgan fingerprint density at radius 3 is 2.18 bits per heavy atom. The predicted octanol–water partition coefficient (Wildman–Crippen LogP) is 7.46. The standard InChI is InChI=1S/C32H44N2O3S/c1-4-6-10-21-33(22-11-7-5-2)30-19-18-28(27(3)26-30)16-17-29-20-24-34(23-12-13-25-38(35,36)37)32-15-9-8-14-31(29)32/h8-9,14-20,24,26H,4-7,10-13,21-23,25H2,1-3H3/p+1. The van der Waals surface area contributed by atoms with E-state index >= 15 is 0 Å². The van der Waals surface area contributed by atoms with Crippen LogP contribution in [0.25, 0.3) is 23.1 Å². The number of pyridine rings is 1. The van der Waals surface area contributed by atoms with Crippen LogP contribution < -0.4 is 9.47 Å². The Bertz CT molecular complexity index is 1290. The lowest BCUT2D eigenvalue weighted by molar-refractivity contribution is -0.671.